The molecule has 2 aliphatic heterocycles. The van der Waals surface area contributed by atoms with Crippen molar-refractivity contribution in [1.82, 2.24) is 0 Å². The predicted molar refractivity (Wildman–Crippen MR) is 98.2 cm³/mol. The fourth-order valence-electron chi connectivity index (χ4n) is 1.25. The number of rotatable bonds is 5. The Labute approximate surface area is 180 Å². The summed E-state index contributed by atoms with van der Waals surface area (Å²) in [6.07, 6.45) is 4.04. The van der Waals surface area contributed by atoms with E-state index in [1.165, 1.54) is 14.2 Å². The van der Waals surface area contributed by atoms with Gasteiger partial charge in [-0.3, -0.25) is 19.2 Å². The average molecular weight is 460 g/mol. The Morgan fingerprint density at radius 3 is 1.59 bits per heavy atom. The molecular formula is C18H20O14. The number of methoxy groups -OCH3 is 2. The summed E-state index contributed by atoms with van der Waals surface area (Å²) >= 11 is 0. The summed E-state index contributed by atoms with van der Waals surface area (Å²) in [5.74, 6) is -5.26. The van der Waals surface area contributed by atoms with Gasteiger partial charge in [0.1, 0.15) is 0 Å². The molecule has 0 aromatic carbocycles. The molecule has 2 N–H and O–H groups in total. The van der Waals surface area contributed by atoms with Crippen LogP contribution >= 0.6 is 0 Å². The second-order valence-electron chi connectivity index (χ2n) is 5.08. The second-order valence-corrected chi connectivity index (χ2v) is 5.08. The lowest BCUT2D eigenvalue weighted by Gasteiger charge is -1.92. The van der Waals surface area contributed by atoms with Gasteiger partial charge in [-0.05, 0) is 0 Å². The van der Waals surface area contributed by atoms with Gasteiger partial charge in [0.25, 0.3) is 0 Å². The molecule has 0 aromatic rings. The number of carboxylic acids is 2. The van der Waals surface area contributed by atoms with Crippen molar-refractivity contribution in [2.45, 2.75) is 25.7 Å². The fraction of sp³-hybridized carbons (Fsp3) is 0.333. The number of carboxylic acid groups (broad SMARTS) is 2. The molecule has 0 spiro atoms. The van der Waals surface area contributed by atoms with Crippen LogP contribution in [0.4, 0.5) is 0 Å². The van der Waals surface area contributed by atoms with E-state index in [1.54, 1.807) is 0 Å². The Morgan fingerprint density at radius 1 is 0.844 bits per heavy atom. The summed E-state index contributed by atoms with van der Waals surface area (Å²) in [5, 5.41) is 16.0. The lowest BCUT2D eigenvalue weighted by molar-refractivity contribution is -0.153. The predicted octanol–water partition coefficient (Wildman–Crippen LogP) is -0.700. The first-order chi connectivity index (χ1) is 14.9. The molecule has 0 saturated carbocycles. The topological polar surface area (TPSA) is 214 Å². The Morgan fingerprint density at radius 2 is 1.34 bits per heavy atom. The highest BCUT2D eigenvalue weighted by molar-refractivity contribution is 6.04. The lowest BCUT2D eigenvalue weighted by atomic mass is 10.3. The molecule has 1 fully saturated rings. The van der Waals surface area contributed by atoms with Crippen molar-refractivity contribution in [3.05, 3.63) is 24.3 Å². The van der Waals surface area contributed by atoms with Crippen molar-refractivity contribution in [2.75, 3.05) is 14.2 Å². The van der Waals surface area contributed by atoms with Crippen LogP contribution < -0.4 is 0 Å². The van der Waals surface area contributed by atoms with Gasteiger partial charge >= 0.3 is 47.8 Å². The van der Waals surface area contributed by atoms with Gasteiger partial charge in [-0.15, -0.1) is 0 Å². The van der Waals surface area contributed by atoms with Gasteiger partial charge in [-0.1, -0.05) is 0 Å². The van der Waals surface area contributed by atoms with Gasteiger partial charge in [0.15, 0.2) is 0 Å². The third kappa shape index (κ3) is 20.4. The third-order valence-electron chi connectivity index (χ3n) is 2.65. The summed E-state index contributed by atoms with van der Waals surface area (Å²) in [6.45, 7) is 0. The minimum atomic E-state index is -1.17. The number of carbonyl (C=O) groups is 8. The molecule has 32 heavy (non-hydrogen) atoms. The van der Waals surface area contributed by atoms with E-state index in [9.17, 15) is 38.4 Å². The van der Waals surface area contributed by atoms with Gasteiger partial charge in [-0.2, -0.15) is 0 Å². The first kappa shape index (κ1) is 29.8. The van der Waals surface area contributed by atoms with E-state index >= 15 is 0 Å². The van der Waals surface area contributed by atoms with E-state index in [1.807, 2.05) is 0 Å². The van der Waals surface area contributed by atoms with Crippen LogP contribution in [0.3, 0.4) is 0 Å². The summed E-state index contributed by atoms with van der Waals surface area (Å²) in [7, 11) is 2.40. The van der Waals surface area contributed by atoms with Crippen LogP contribution in [0.1, 0.15) is 25.7 Å². The summed E-state index contributed by atoms with van der Waals surface area (Å²) in [6, 6.07) is 0. The molecule has 0 amide bonds. The Hall–Kier alpha value is -4.36. The molecule has 2 rings (SSSR count). The summed E-state index contributed by atoms with van der Waals surface area (Å²) in [5.41, 5.74) is 0. The molecular weight excluding hydrogens is 440 g/mol. The Kier molecular flexibility index (Phi) is 16.3. The first-order valence-corrected chi connectivity index (χ1v) is 8.36. The van der Waals surface area contributed by atoms with Gasteiger partial charge < -0.3 is 29.2 Å². The van der Waals surface area contributed by atoms with Crippen LogP contribution in [-0.2, 0) is 57.3 Å². The molecule has 0 aliphatic carbocycles. The quantitative estimate of drug-likeness (QED) is 0.225. The van der Waals surface area contributed by atoms with Crippen molar-refractivity contribution in [3.63, 3.8) is 0 Å². The highest BCUT2D eigenvalue weighted by Gasteiger charge is 2.19. The number of hydrogen-bond donors (Lipinski definition) is 2. The molecule has 1 saturated heterocycles. The monoisotopic (exact) mass is 460 g/mol. The minimum absolute atomic E-state index is 0.0498. The third-order valence-corrected chi connectivity index (χ3v) is 2.65. The number of cyclic esters (lactones) is 4. The maximum atomic E-state index is 10.2. The highest BCUT2D eigenvalue weighted by Crippen LogP contribution is 2.03. The molecule has 14 heteroatoms. The molecule has 176 valence electrons. The zero-order valence-corrected chi connectivity index (χ0v) is 16.9. The normalized spacial score (nSPS) is 13.3. The van der Waals surface area contributed by atoms with Crippen LogP contribution in [0, 0.1) is 0 Å². The van der Waals surface area contributed by atoms with Crippen LogP contribution in [-0.4, -0.2) is 72.2 Å². The van der Waals surface area contributed by atoms with Gasteiger partial charge in [0.05, 0.1) is 39.9 Å². The molecule has 14 nitrogen and oxygen atoms in total. The molecule has 0 radical (unpaired) electrons. The van der Waals surface area contributed by atoms with Crippen molar-refractivity contribution >= 4 is 47.8 Å². The number of ether oxygens (including phenoxy) is 4. The molecule has 2 heterocycles. The number of carbonyl (C=O) groups excluding carboxylic acids is 6. The lowest BCUT2D eigenvalue weighted by Crippen LogP contribution is -2.04. The van der Waals surface area contributed by atoms with E-state index in [-0.39, 0.29) is 25.7 Å². The molecule has 0 atom stereocenters. The molecule has 0 bridgehead atoms. The standard InChI is InChI=1S/C5H8O4.C5H6O4.C4H4O3.C4H2O3/c2*1-9-5(8)3-2-4(6)7;2*5-3-1-2-4(6)7-3/h2-3H2,1H3,(H,6,7);2-3H,1H3,(H,6,7);1-2H2;1-2H/b;3-2+;;. The van der Waals surface area contributed by atoms with Crippen LogP contribution in [0.5, 0.6) is 0 Å². The van der Waals surface area contributed by atoms with Crippen LogP contribution in [0.25, 0.3) is 0 Å². The zero-order valence-electron chi connectivity index (χ0n) is 16.9. The van der Waals surface area contributed by atoms with Crippen LogP contribution in [0.15, 0.2) is 24.3 Å². The number of esters is 6. The zero-order chi connectivity index (χ0) is 25.1. The summed E-state index contributed by atoms with van der Waals surface area (Å²) in [4.78, 5) is 79.8. The molecule has 2 aliphatic rings. The van der Waals surface area contributed by atoms with Gasteiger partial charge in [0, 0.05) is 24.3 Å². The van der Waals surface area contributed by atoms with E-state index in [2.05, 4.69) is 18.9 Å². The molecule has 0 aromatic heterocycles. The van der Waals surface area contributed by atoms with E-state index in [4.69, 9.17) is 10.2 Å². The van der Waals surface area contributed by atoms with E-state index in [0.717, 1.165) is 18.2 Å². The maximum absolute atomic E-state index is 10.2. The fourth-order valence-corrected chi connectivity index (χ4v) is 1.25. The second kappa shape index (κ2) is 17.5. The SMILES string of the molecule is COC(=O)/C=C/C(=O)O.COC(=O)CCC(=O)O.O=C1C=CC(=O)O1.O=C1CCC(=O)O1. The average Bonchev–Trinajstić information content (AvgIpc) is 3.31. The van der Waals surface area contributed by atoms with E-state index in [0.29, 0.717) is 6.08 Å². The van der Waals surface area contributed by atoms with Crippen molar-refractivity contribution in [2.24, 2.45) is 0 Å². The number of aliphatic carboxylic acids is 2. The maximum Gasteiger partial charge on any atom is 0.338 e. The van der Waals surface area contributed by atoms with Crippen LogP contribution in [0.2, 0.25) is 0 Å². The summed E-state index contributed by atoms with van der Waals surface area (Å²) < 4.78 is 16.4. The first-order valence-electron chi connectivity index (χ1n) is 8.36. The Bertz CT molecular complexity index is 759. The van der Waals surface area contributed by atoms with Crippen molar-refractivity contribution in [3.8, 4) is 0 Å². The van der Waals surface area contributed by atoms with E-state index < -0.39 is 47.8 Å². The minimum Gasteiger partial charge on any atom is -0.481 e. The smallest absolute Gasteiger partial charge is 0.338 e. The number of hydrogen-bond acceptors (Lipinski definition) is 12. The molecule has 0 unspecified atom stereocenters. The van der Waals surface area contributed by atoms with Crippen molar-refractivity contribution < 1.29 is 67.5 Å². The van der Waals surface area contributed by atoms with Gasteiger partial charge in [0.2, 0.25) is 0 Å². The highest BCUT2D eigenvalue weighted by atomic mass is 16.6. The van der Waals surface area contributed by atoms with Crippen molar-refractivity contribution in [1.29, 1.82) is 0 Å². The largest absolute Gasteiger partial charge is 0.481 e. The van der Waals surface area contributed by atoms with Gasteiger partial charge in [-0.25, -0.2) is 19.2 Å². The Balaban J connectivity index is 0.